The number of hydrogen-bond donors (Lipinski definition) is 0. The summed E-state index contributed by atoms with van der Waals surface area (Å²) in [6.45, 7) is 7.16. The van der Waals surface area contributed by atoms with E-state index in [1.807, 2.05) is 6.07 Å². The molecule has 2 fully saturated rings. The van der Waals surface area contributed by atoms with Gasteiger partial charge in [0.2, 0.25) is 0 Å². The summed E-state index contributed by atoms with van der Waals surface area (Å²) in [4.78, 5) is 24.0. The Bertz CT molecular complexity index is 865. The monoisotopic (exact) mass is 446 g/mol. The lowest BCUT2D eigenvalue weighted by Crippen LogP contribution is -2.11. The van der Waals surface area contributed by atoms with E-state index in [1.165, 1.54) is 12.5 Å². The van der Waals surface area contributed by atoms with Crippen LogP contribution in [-0.4, -0.2) is 50.6 Å². The van der Waals surface area contributed by atoms with E-state index < -0.39 is 11.9 Å². The normalized spacial score (nSPS) is 19.8. The Morgan fingerprint density at radius 3 is 2.06 bits per heavy atom. The van der Waals surface area contributed by atoms with Crippen LogP contribution >= 0.6 is 0 Å². The topological polar surface area (TPSA) is 96.1 Å². The van der Waals surface area contributed by atoms with E-state index in [2.05, 4.69) is 6.92 Å². The smallest absolute Gasteiger partial charge is 0.336 e. The second-order valence-electron chi connectivity index (χ2n) is 7.82. The molecular formula is C24H30O8. The van der Waals surface area contributed by atoms with Gasteiger partial charge < -0.3 is 28.4 Å². The zero-order valence-corrected chi connectivity index (χ0v) is 18.8. The fourth-order valence-corrected chi connectivity index (χ4v) is 2.60. The SMILES string of the molecule is CCCCc1cc(OC=C(C)C(=O)OCC2CO2)ccc1OC=C(C)C(=O)OCC1CO1. The summed E-state index contributed by atoms with van der Waals surface area (Å²) < 4.78 is 31.8. The minimum atomic E-state index is -0.438. The van der Waals surface area contributed by atoms with Gasteiger partial charge in [-0.1, -0.05) is 13.3 Å². The van der Waals surface area contributed by atoms with Crippen molar-refractivity contribution >= 4 is 11.9 Å². The number of carbonyl (C=O) groups excluding carboxylic acids is 2. The Morgan fingerprint density at radius 2 is 1.53 bits per heavy atom. The Kier molecular flexibility index (Phi) is 8.70. The molecule has 0 bridgehead atoms. The first-order chi connectivity index (χ1) is 15.5. The molecule has 2 aliphatic heterocycles. The lowest BCUT2D eigenvalue weighted by Gasteiger charge is -2.11. The van der Waals surface area contributed by atoms with Crippen molar-refractivity contribution in [3.8, 4) is 11.5 Å². The van der Waals surface area contributed by atoms with Crippen LogP contribution in [0.15, 0.2) is 41.9 Å². The van der Waals surface area contributed by atoms with Crippen molar-refractivity contribution in [1.82, 2.24) is 0 Å². The summed E-state index contributed by atoms with van der Waals surface area (Å²) in [6.07, 6.45) is 5.58. The summed E-state index contributed by atoms with van der Waals surface area (Å²) in [5.74, 6) is 0.336. The highest BCUT2D eigenvalue weighted by Gasteiger charge is 2.25. The molecule has 2 aliphatic rings. The van der Waals surface area contributed by atoms with Crippen LogP contribution < -0.4 is 9.47 Å². The minimum Gasteiger partial charge on any atom is -0.464 e. The molecule has 2 saturated heterocycles. The summed E-state index contributed by atoms with van der Waals surface area (Å²) in [6, 6.07) is 5.38. The van der Waals surface area contributed by atoms with Crippen LogP contribution in [0.5, 0.6) is 11.5 Å². The Balaban J connectivity index is 1.59. The van der Waals surface area contributed by atoms with Crippen molar-refractivity contribution in [3.63, 3.8) is 0 Å². The number of epoxide rings is 2. The molecular weight excluding hydrogens is 416 g/mol. The van der Waals surface area contributed by atoms with E-state index in [1.54, 1.807) is 26.0 Å². The Hall–Kier alpha value is -2.84. The maximum atomic E-state index is 12.0. The lowest BCUT2D eigenvalue weighted by atomic mass is 10.1. The van der Waals surface area contributed by atoms with E-state index in [4.69, 9.17) is 28.4 Å². The third-order valence-electron chi connectivity index (χ3n) is 4.82. The van der Waals surface area contributed by atoms with Crippen molar-refractivity contribution < 1.29 is 38.0 Å². The number of carbonyl (C=O) groups is 2. The molecule has 2 atom stereocenters. The summed E-state index contributed by atoms with van der Waals surface area (Å²) in [5.41, 5.74) is 1.66. The maximum absolute atomic E-state index is 12.0. The highest BCUT2D eigenvalue weighted by atomic mass is 16.6. The van der Waals surface area contributed by atoms with Gasteiger partial charge in [0.25, 0.3) is 0 Å². The molecule has 0 saturated carbocycles. The van der Waals surface area contributed by atoms with Crippen molar-refractivity contribution in [3.05, 3.63) is 47.4 Å². The fraction of sp³-hybridized carbons (Fsp3) is 0.500. The molecule has 8 nitrogen and oxygen atoms in total. The van der Waals surface area contributed by atoms with Crippen LogP contribution in [0, 0.1) is 0 Å². The summed E-state index contributed by atoms with van der Waals surface area (Å²) in [5, 5.41) is 0. The first kappa shape index (κ1) is 23.8. The standard InChI is InChI=1S/C24H30O8/c1-4-5-6-18-9-19(27-10-16(2)23(25)31-14-20-12-28-20)7-8-22(18)30-11-17(3)24(26)32-15-21-13-29-21/h7-11,20-21H,4-6,12-15H2,1-3H3. The predicted octanol–water partition coefficient (Wildman–Crippen LogP) is 3.48. The second kappa shape index (κ2) is 11.7. The molecule has 2 unspecified atom stereocenters. The van der Waals surface area contributed by atoms with Crippen molar-refractivity contribution in [1.29, 1.82) is 0 Å². The molecule has 1 aromatic rings. The van der Waals surface area contributed by atoms with E-state index in [-0.39, 0.29) is 25.4 Å². The molecule has 0 aromatic heterocycles. The second-order valence-corrected chi connectivity index (χ2v) is 7.82. The lowest BCUT2D eigenvalue weighted by molar-refractivity contribution is -0.140. The van der Waals surface area contributed by atoms with Crippen molar-refractivity contribution in [2.75, 3.05) is 26.4 Å². The molecule has 0 aliphatic carbocycles. The molecule has 0 spiro atoms. The number of hydrogen-bond acceptors (Lipinski definition) is 8. The fourth-order valence-electron chi connectivity index (χ4n) is 2.60. The zero-order valence-electron chi connectivity index (χ0n) is 18.8. The van der Waals surface area contributed by atoms with Gasteiger partial charge in [0.05, 0.1) is 24.4 Å². The van der Waals surface area contributed by atoms with Crippen molar-refractivity contribution in [2.24, 2.45) is 0 Å². The number of aryl methyl sites for hydroxylation is 1. The van der Waals surface area contributed by atoms with Gasteiger partial charge >= 0.3 is 11.9 Å². The first-order valence-corrected chi connectivity index (χ1v) is 10.8. The van der Waals surface area contributed by atoms with Crippen LogP contribution in [0.1, 0.15) is 39.2 Å². The van der Waals surface area contributed by atoms with E-state index in [0.717, 1.165) is 24.8 Å². The summed E-state index contributed by atoms with van der Waals surface area (Å²) >= 11 is 0. The van der Waals surface area contributed by atoms with Crippen LogP contribution in [-0.2, 0) is 35.0 Å². The van der Waals surface area contributed by atoms with Crippen molar-refractivity contribution in [2.45, 2.75) is 52.2 Å². The van der Waals surface area contributed by atoms with E-state index in [0.29, 0.717) is 35.9 Å². The van der Waals surface area contributed by atoms with Gasteiger partial charge in [-0.3, -0.25) is 0 Å². The molecule has 0 radical (unpaired) electrons. The highest BCUT2D eigenvalue weighted by molar-refractivity contribution is 5.87. The number of ether oxygens (including phenoxy) is 6. The zero-order chi connectivity index (χ0) is 22.9. The van der Waals surface area contributed by atoms with Gasteiger partial charge in [-0.15, -0.1) is 0 Å². The molecule has 3 rings (SSSR count). The van der Waals surface area contributed by atoms with Gasteiger partial charge in [0.1, 0.15) is 49.4 Å². The maximum Gasteiger partial charge on any atom is 0.336 e. The average molecular weight is 446 g/mol. The van der Waals surface area contributed by atoms with Gasteiger partial charge in [0, 0.05) is 0 Å². The largest absolute Gasteiger partial charge is 0.464 e. The average Bonchev–Trinajstić information content (AvgIpc) is 3.71. The Morgan fingerprint density at radius 1 is 0.969 bits per heavy atom. The number of rotatable bonds is 13. The third-order valence-corrected chi connectivity index (χ3v) is 4.82. The number of esters is 2. The molecule has 1 aromatic carbocycles. The quantitative estimate of drug-likeness (QED) is 0.197. The number of benzene rings is 1. The highest BCUT2D eigenvalue weighted by Crippen LogP contribution is 2.27. The van der Waals surface area contributed by atoms with Gasteiger partial charge in [-0.2, -0.15) is 0 Å². The Labute approximate surface area is 188 Å². The van der Waals surface area contributed by atoms with E-state index in [9.17, 15) is 9.59 Å². The molecule has 174 valence electrons. The number of unbranched alkanes of at least 4 members (excludes halogenated alkanes) is 1. The predicted molar refractivity (Wildman–Crippen MR) is 115 cm³/mol. The first-order valence-electron chi connectivity index (χ1n) is 10.8. The molecule has 2 heterocycles. The summed E-state index contributed by atoms with van der Waals surface area (Å²) in [7, 11) is 0. The molecule has 8 heteroatoms. The minimum absolute atomic E-state index is 0.0209. The molecule has 32 heavy (non-hydrogen) atoms. The van der Waals surface area contributed by atoms with E-state index >= 15 is 0 Å². The van der Waals surface area contributed by atoms with Crippen LogP contribution in [0.25, 0.3) is 0 Å². The van der Waals surface area contributed by atoms with Gasteiger partial charge in [-0.05, 0) is 50.5 Å². The van der Waals surface area contributed by atoms with Gasteiger partial charge in [0.15, 0.2) is 0 Å². The van der Waals surface area contributed by atoms with Crippen LogP contribution in [0.3, 0.4) is 0 Å². The van der Waals surface area contributed by atoms with Gasteiger partial charge in [-0.25, -0.2) is 9.59 Å². The third kappa shape index (κ3) is 8.01. The molecule has 0 amide bonds. The van der Waals surface area contributed by atoms with Crippen LogP contribution in [0.4, 0.5) is 0 Å². The van der Waals surface area contributed by atoms with Crippen LogP contribution in [0.2, 0.25) is 0 Å². The molecule has 0 N–H and O–H groups in total.